The van der Waals surface area contributed by atoms with Crippen molar-refractivity contribution in [3.05, 3.63) is 0 Å². The van der Waals surface area contributed by atoms with Crippen molar-refractivity contribution >= 4 is 0 Å². The molecule has 2 atom stereocenters. The van der Waals surface area contributed by atoms with Crippen LogP contribution in [0.3, 0.4) is 0 Å². The van der Waals surface area contributed by atoms with Crippen LogP contribution in [0.2, 0.25) is 0 Å². The number of ether oxygens (including phenoxy) is 3. The maximum atomic E-state index is 9.62. The molecule has 0 radical (unpaired) electrons. The molecule has 0 spiro atoms. The molecule has 0 amide bonds. The summed E-state index contributed by atoms with van der Waals surface area (Å²) < 4.78 is 15.7. The van der Waals surface area contributed by atoms with Crippen molar-refractivity contribution < 1.29 is 19.3 Å². The van der Waals surface area contributed by atoms with E-state index in [0.29, 0.717) is 38.9 Å². The highest BCUT2D eigenvalue weighted by Gasteiger charge is 2.15. The predicted octanol–water partition coefficient (Wildman–Crippen LogP) is 0.0265. The summed E-state index contributed by atoms with van der Waals surface area (Å²) in [6, 6.07) is 0. The zero-order valence-corrected chi connectivity index (χ0v) is 10.7. The van der Waals surface area contributed by atoms with Gasteiger partial charge in [0.1, 0.15) is 0 Å². The first kappa shape index (κ1) is 14.9. The fourth-order valence-corrected chi connectivity index (χ4v) is 1.74. The molecule has 5 heteroatoms. The number of aliphatic hydroxyl groups is 1. The maximum Gasteiger partial charge on any atom is 0.0897 e. The topological polar surface area (TPSA) is 60.0 Å². The lowest BCUT2D eigenvalue weighted by atomic mass is 10.1. The molecule has 1 aliphatic rings. The van der Waals surface area contributed by atoms with E-state index in [2.05, 4.69) is 5.32 Å². The fourth-order valence-electron chi connectivity index (χ4n) is 1.74. The third kappa shape index (κ3) is 7.68. The van der Waals surface area contributed by atoms with Crippen LogP contribution in [0, 0.1) is 5.92 Å². The highest BCUT2D eigenvalue weighted by atomic mass is 16.5. The summed E-state index contributed by atoms with van der Waals surface area (Å²) in [7, 11) is 0. The minimum absolute atomic E-state index is 0.362. The number of aliphatic hydroxyl groups excluding tert-OH is 1. The van der Waals surface area contributed by atoms with Crippen LogP contribution >= 0.6 is 0 Å². The SMILES string of the molecule is CCOCCOCC(O)CNCC1CCOC1. The normalized spacial score (nSPS) is 21.9. The van der Waals surface area contributed by atoms with E-state index in [4.69, 9.17) is 14.2 Å². The molecule has 1 rings (SSSR count). The lowest BCUT2D eigenvalue weighted by Gasteiger charge is -2.14. The van der Waals surface area contributed by atoms with Gasteiger partial charge in [0.05, 0.1) is 32.5 Å². The number of hydrogen-bond donors (Lipinski definition) is 2. The van der Waals surface area contributed by atoms with Crippen LogP contribution in [0.5, 0.6) is 0 Å². The molecular formula is C12H25NO4. The second kappa shape index (κ2) is 9.79. The number of rotatable bonds is 10. The highest BCUT2D eigenvalue weighted by Crippen LogP contribution is 2.10. The van der Waals surface area contributed by atoms with Crippen LogP contribution in [0.25, 0.3) is 0 Å². The summed E-state index contributed by atoms with van der Waals surface area (Å²) in [5.74, 6) is 0.598. The monoisotopic (exact) mass is 247 g/mol. The molecule has 102 valence electrons. The molecule has 0 aromatic carbocycles. The van der Waals surface area contributed by atoms with E-state index in [-0.39, 0.29) is 0 Å². The molecular weight excluding hydrogens is 222 g/mol. The summed E-state index contributed by atoms with van der Waals surface area (Å²) in [5.41, 5.74) is 0. The van der Waals surface area contributed by atoms with Crippen LogP contribution in [0.4, 0.5) is 0 Å². The largest absolute Gasteiger partial charge is 0.389 e. The molecule has 0 bridgehead atoms. The number of nitrogens with one attached hydrogen (secondary N) is 1. The average molecular weight is 247 g/mol. The van der Waals surface area contributed by atoms with Gasteiger partial charge in [-0.25, -0.2) is 0 Å². The highest BCUT2D eigenvalue weighted by molar-refractivity contribution is 4.68. The Kier molecular flexibility index (Phi) is 8.56. The van der Waals surface area contributed by atoms with Gasteiger partial charge in [-0.2, -0.15) is 0 Å². The maximum absolute atomic E-state index is 9.62. The second-order valence-corrected chi connectivity index (χ2v) is 4.31. The zero-order chi connectivity index (χ0) is 12.3. The Morgan fingerprint density at radius 1 is 1.41 bits per heavy atom. The summed E-state index contributed by atoms with van der Waals surface area (Å²) in [4.78, 5) is 0. The van der Waals surface area contributed by atoms with E-state index < -0.39 is 6.10 Å². The van der Waals surface area contributed by atoms with Crippen LogP contribution in [-0.2, 0) is 14.2 Å². The third-order valence-corrected chi connectivity index (χ3v) is 2.72. The van der Waals surface area contributed by atoms with Gasteiger partial charge < -0.3 is 24.6 Å². The average Bonchev–Trinajstić information content (AvgIpc) is 2.82. The van der Waals surface area contributed by atoms with Crippen molar-refractivity contribution in [1.29, 1.82) is 0 Å². The van der Waals surface area contributed by atoms with Gasteiger partial charge in [-0.15, -0.1) is 0 Å². The Morgan fingerprint density at radius 2 is 2.24 bits per heavy atom. The Bertz CT molecular complexity index is 174. The lowest BCUT2D eigenvalue weighted by Crippen LogP contribution is -2.34. The third-order valence-electron chi connectivity index (χ3n) is 2.72. The van der Waals surface area contributed by atoms with Crippen molar-refractivity contribution in [2.24, 2.45) is 5.92 Å². The lowest BCUT2D eigenvalue weighted by molar-refractivity contribution is 0.00628. The van der Waals surface area contributed by atoms with Gasteiger partial charge in [0, 0.05) is 26.3 Å². The second-order valence-electron chi connectivity index (χ2n) is 4.31. The molecule has 1 heterocycles. The molecule has 0 aliphatic carbocycles. The van der Waals surface area contributed by atoms with E-state index in [0.717, 1.165) is 26.2 Å². The van der Waals surface area contributed by atoms with Crippen LogP contribution in [0.1, 0.15) is 13.3 Å². The quantitative estimate of drug-likeness (QED) is 0.533. The molecule has 17 heavy (non-hydrogen) atoms. The van der Waals surface area contributed by atoms with Gasteiger partial charge in [0.2, 0.25) is 0 Å². The van der Waals surface area contributed by atoms with Gasteiger partial charge >= 0.3 is 0 Å². The predicted molar refractivity (Wildman–Crippen MR) is 65.1 cm³/mol. The van der Waals surface area contributed by atoms with E-state index in [9.17, 15) is 5.11 Å². The number of hydrogen-bond acceptors (Lipinski definition) is 5. The summed E-state index contributed by atoms with van der Waals surface area (Å²) in [6.45, 7) is 7.35. The van der Waals surface area contributed by atoms with E-state index in [1.807, 2.05) is 6.92 Å². The first-order chi connectivity index (χ1) is 8.33. The first-order valence-electron chi connectivity index (χ1n) is 6.45. The van der Waals surface area contributed by atoms with Crippen LogP contribution in [-0.4, -0.2) is 63.9 Å². The van der Waals surface area contributed by atoms with Crippen LogP contribution < -0.4 is 5.32 Å². The zero-order valence-electron chi connectivity index (χ0n) is 10.7. The Balaban J connectivity index is 1.84. The van der Waals surface area contributed by atoms with E-state index >= 15 is 0 Å². The Morgan fingerprint density at radius 3 is 2.94 bits per heavy atom. The Hall–Kier alpha value is -0.200. The fraction of sp³-hybridized carbons (Fsp3) is 1.00. The summed E-state index contributed by atoms with van der Waals surface area (Å²) in [5, 5.41) is 12.9. The van der Waals surface area contributed by atoms with Crippen molar-refractivity contribution in [3.8, 4) is 0 Å². The standard InChI is InChI=1S/C12H25NO4/c1-2-15-5-6-17-10-12(14)8-13-7-11-3-4-16-9-11/h11-14H,2-10H2,1H3. The van der Waals surface area contributed by atoms with Gasteiger partial charge in [-0.05, 0) is 19.3 Å². The molecule has 0 aromatic heterocycles. The molecule has 2 N–H and O–H groups in total. The van der Waals surface area contributed by atoms with Gasteiger partial charge in [-0.1, -0.05) is 0 Å². The minimum Gasteiger partial charge on any atom is -0.389 e. The molecule has 0 aromatic rings. The van der Waals surface area contributed by atoms with Crippen molar-refractivity contribution in [2.75, 3.05) is 52.7 Å². The Labute approximate surface area is 103 Å². The van der Waals surface area contributed by atoms with E-state index in [1.54, 1.807) is 0 Å². The molecule has 1 aliphatic heterocycles. The smallest absolute Gasteiger partial charge is 0.0897 e. The molecule has 1 saturated heterocycles. The van der Waals surface area contributed by atoms with Gasteiger partial charge in [-0.3, -0.25) is 0 Å². The summed E-state index contributed by atoms with van der Waals surface area (Å²) in [6.07, 6.45) is 0.674. The molecule has 5 nitrogen and oxygen atoms in total. The van der Waals surface area contributed by atoms with Crippen LogP contribution in [0.15, 0.2) is 0 Å². The summed E-state index contributed by atoms with van der Waals surface area (Å²) >= 11 is 0. The molecule has 1 fully saturated rings. The van der Waals surface area contributed by atoms with Crippen molar-refractivity contribution in [1.82, 2.24) is 5.32 Å². The van der Waals surface area contributed by atoms with Crippen molar-refractivity contribution in [3.63, 3.8) is 0 Å². The van der Waals surface area contributed by atoms with Gasteiger partial charge in [0.15, 0.2) is 0 Å². The molecule has 0 saturated carbocycles. The van der Waals surface area contributed by atoms with Crippen molar-refractivity contribution in [2.45, 2.75) is 19.4 Å². The molecule has 2 unspecified atom stereocenters. The minimum atomic E-state index is -0.445. The van der Waals surface area contributed by atoms with E-state index in [1.165, 1.54) is 0 Å². The first-order valence-corrected chi connectivity index (χ1v) is 6.45. The van der Waals surface area contributed by atoms with Gasteiger partial charge in [0.25, 0.3) is 0 Å².